The summed E-state index contributed by atoms with van der Waals surface area (Å²) >= 11 is 3.52. The molecule has 1 aromatic carbocycles. The number of phenols is 1. The van der Waals surface area contributed by atoms with Crippen LogP contribution in [0.1, 0.15) is 39.5 Å². The molecule has 32 heavy (non-hydrogen) atoms. The fraction of sp³-hybridized carbons (Fsp3) is 0.458. The van der Waals surface area contributed by atoms with E-state index < -0.39 is 0 Å². The minimum Gasteiger partial charge on any atom is -0.507 e. The van der Waals surface area contributed by atoms with Crippen molar-refractivity contribution in [3.05, 3.63) is 41.0 Å². The number of carbonyl (C=O) groups is 1. The lowest BCUT2D eigenvalue weighted by molar-refractivity contribution is -0.108. The Labute approximate surface area is 198 Å². The summed E-state index contributed by atoms with van der Waals surface area (Å²) in [7, 11) is 2.15. The van der Waals surface area contributed by atoms with Crippen molar-refractivity contribution in [2.45, 2.75) is 45.6 Å². The number of hydrogen-bond acceptors (Lipinski definition) is 6. The van der Waals surface area contributed by atoms with Gasteiger partial charge < -0.3 is 20.1 Å². The molecule has 2 aromatic heterocycles. The van der Waals surface area contributed by atoms with Crippen molar-refractivity contribution in [1.82, 2.24) is 19.5 Å². The molecule has 3 aromatic rings. The van der Waals surface area contributed by atoms with Crippen LogP contribution in [0.5, 0.6) is 5.75 Å². The number of nitrogens with one attached hydrogen (secondary N) is 1. The molecule has 1 aliphatic rings. The molecule has 172 valence electrons. The molecule has 3 heterocycles. The van der Waals surface area contributed by atoms with Crippen molar-refractivity contribution in [2.75, 3.05) is 25.5 Å². The van der Waals surface area contributed by atoms with Gasteiger partial charge in [-0.15, -0.1) is 0 Å². The molecule has 1 saturated heterocycles. The van der Waals surface area contributed by atoms with Gasteiger partial charge in [0.2, 0.25) is 0 Å². The van der Waals surface area contributed by atoms with E-state index in [1.807, 2.05) is 28.8 Å². The van der Waals surface area contributed by atoms with Gasteiger partial charge in [0.25, 0.3) is 0 Å². The number of aromatic hydroxyl groups is 1. The minimum atomic E-state index is 0.222. The van der Waals surface area contributed by atoms with Crippen molar-refractivity contribution in [2.24, 2.45) is 5.92 Å². The molecule has 0 aliphatic carbocycles. The number of fused-ring (bicyclic) bond motifs is 1. The molecule has 0 atom stereocenters. The number of piperidine rings is 1. The third-order valence-electron chi connectivity index (χ3n) is 5.54. The third kappa shape index (κ3) is 6.29. The highest BCUT2D eigenvalue weighted by molar-refractivity contribution is 9.10. The van der Waals surface area contributed by atoms with Crippen LogP contribution in [0.3, 0.4) is 0 Å². The SMILES string of the molecule is CC(C)CCC=O.CN1CCC(Nc2cc(-c3ccccc3O)nc3c(Br)cnn23)CC1. The number of para-hydroxylation sites is 1. The van der Waals surface area contributed by atoms with Gasteiger partial charge in [0.05, 0.1) is 16.4 Å². The Kier molecular flexibility index (Phi) is 8.64. The highest BCUT2D eigenvalue weighted by atomic mass is 79.9. The molecule has 7 nitrogen and oxygen atoms in total. The Morgan fingerprint density at radius 3 is 2.62 bits per heavy atom. The quantitative estimate of drug-likeness (QED) is 0.462. The molecule has 0 bridgehead atoms. The van der Waals surface area contributed by atoms with Gasteiger partial charge in [0.15, 0.2) is 5.65 Å². The highest BCUT2D eigenvalue weighted by Gasteiger charge is 2.19. The predicted molar refractivity (Wildman–Crippen MR) is 132 cm³/mol. The van der Waals surface area contributed by atoms with Gasteiger partial charge >= 0.3 is 0 Å². The predicted octanol–water partition coefficient (Wildman–Crippen LogP) is 4.99. The number of nitrogens with zero attached hydrogens (tertiary/aromatic N) is 4. The fourth-order valence-electron chi connectivity index (χ4n) is 3.63. The van der Waals surface area contributed by atoms with Gasteiger partial charge in [-0.05, 0) is 73.4 Å². The third-order valence-corrected chi connectivity index (χ3v) is 6.10. The Morgan fingerprint density at radius 1 is 1.28 bits per heavy atom. The van der Waals surface area contributed by atoms with Gasteiger partial charge in [-0.3, -0.25) is 0 Å². The average molecular weight is 502 g/mol. The number of phenolic OH excluding ortho intramolecular Hbond substituents is 1. The zero-order chi connectivity index (χ0) is 23.1. The zero-order valence-electron chi connectivity index (χ0n) is 19.0. The second-order valence-corrected chi connectivity index (χ2v) is 9.49. The van der Waals surface area contributed by atoms with E-state index in [0.29, 0.717) is 17.5 Å². The van der Waals surface area contributed by atoms with Crippen molar-refractivity contribution in [3.8, 4) is 17.0 Å². The molecular weight excluding hydrogens is 470 g/mol. The minimum absolute atomic E-state index is 0.222. The molecule has 0 amide bonds. The molecule has 2 N–H and O–H groups in total. The number of rotatable bonds is 6. The van der Waals surface area contributed by atoms with Crippen molar-refractivity contribution >= 4 is 33.7 Å². The smallest absolute Gasteiger partial charge is 0.172 e. The van der Waals surface area contributed by atoms with E-state index in [-0.39, 0.29) is 5.75 Å². The summed E-state index contributed by atoms with van der Waals surface area (Å²) in [6, 6.07) is 9.62. The summed E-state index contributed by atoms with van der Waals surface area (Å²) in [5.74, 6) is 1.79. The van der Waals surface area contributed by atoms with Crippen LogP contribution in [-0.2, 0) is 4.79 Å². The van der Waals surface area contributed by atoms with Gasteiger partial charge in [0.1, 0.15) is 17.9 Å². The monoisotopic (exact) mass is 501 g/mol. The molecule has 1 aliphatic heterocycles. The van der Waals surface area contributed by atoms with Crippen LogP contribution >= 0.6 is 15.9 Å². The van der Waals surface area contributed by atoms with E-state index in [0.717, 1.165) is 66.7 Å². The first-order valence-electron chi connectivity index (χ1n) is 11.1. The van der Waals surface area contributed by atoms with Crippen LogP contribution in [-0.4, -0.2) is 57.1 Å². The van der Waals surface area contributed by atoms with Crippen molar-refractivity contribution in [1.29, 1.82) is 0 Å². The lowest BCUT2D eigenvalue weighted by Gasteiger charge is -2.30. The average Bonchev–Trinajstić information content (AvgIpc) is 3.15. The maximum absolute atomic E-state index is 10.2. The zero-order valence-corrected chi connectivity index (χ0v) is 20.5. The summed E-state index contributed by atoms with van der Waals surface area (Å²) in [5, 5.41) is 18.2. The number of benzene rings is 1. The van der Waals surface area contributed by atoms with E-state index in [2.05, 4.69) is 57.1 Å². The van der Waals surface area contributed by atoms with E-state index in [1.165, 1.54) is 0 Å². The maximum atomic E-state index is 10.2. The highest BCUT2D eigenvalue weighted by Crippen LogP contribution is 2.31. The number of anilines is 1. The topological polar surface area (TPSA) is 82.8 Å². The number of halogens is 1. The number of likely N-dealkylation sites (tertiary alicyclic amines) is 1. The van der Waals surface area contributed by atoms with E-state index in [9.17, 15) is 9.90 Å². The van der Waals surface area contributed by atoms with Crippen LogP contribution in [0, 0.1) is 5.92 Å². The molecule has 8 heteroatoms. The second-order valence-electron chi connectivity index (χ2n) is 8.63. The standard InChI is InChI=1S/C18H20BrN5O.C6H12O/c1-23-8-6-12(7-9-23)21-17-10-15(13-4-2-3-5-16(13)25)22-18-14(19)11-20-24(17)18;1-6(2)4-3-5-7/h2-5,10-12,21,25H,6-9H2,1H3;5-6H,3-4H2,1-2H3. The molecule has 0 saturated carbocycles. The van der Waals surface area contributed by atoms with Crippen molar-refractivity contribution < 1.29 is 9.90 Å². The van der Waals surface area contributed by atoms with E-state index >= 15 is 0 Å². The van der Waals surface area contributed by atoms with Gasteiger partial charge in [-0.2, -0.15) is 9.61 Å². The molecular formula is C24H32BrN5O2. The molecule has 0 radical (unpaired) electrons. The molecule has 0 spiro atoms. The second kappa shape index (κ2) is 11.4. The summed E-state index contributed by atoms with van der Waals surface area (Å²) < 4.78 is 2.64. The normalized spacial score (nSPS) is 14.9. The lowest BCUT2D eigenvalue weighted by atomic mass is 10.1. The molecule has 0 unspecified atom stereocenters. The van der Waals surface area contributed by atoms with Crippen LogP contribution in [0.15, 0.2) is 41.0 Å². The number of carbonyl (C=O) groups excluding carboxylic acids is 1. The van der Waals surface area contributed by atoms with Crippen LogP contribution in [0.2, 0.25) is 0 Å². The fourth-order valence-corrected chi connectivity index (χ4v) is 3.98. The van der Waals surface area contributed by atoms with Crippen LogP contribution < -0.4 is 5.32 Å². The Bertz CT molecular complexity index is 1030. The summed E-state index contributed by atoms with van der Waals surface area (Å²) in [6.07, 6.45) is 6.65. The Balaban J connectivity index is 0.000000360. The Morgan fingerprint density at radius 2 is 2.00 bits per heavy atom. The lowest BCUT2D eigenvalue weighted by Crippen LogP contribution is -2.37. The first-order valence-corrected chi connectivity index (χ1v) is 11.9. The van der Waals surface area contributed by atoms with E-state index in [1.54, 1.807) is 12.3 Å². The van der Waals surface area contributed by atoms with Crippen LogP contribution in [0.25, 0.3) is 16.9 Å². The van der Waals surface area contributed by atoms with Crippen molar-refractivity contribution in [3.63, 3.8) is 0 Å². The summed E-state index contributed by atoms with van der Waals surface area (Å²) in [6.45, 7) is 6.40. The number of hydrogen-bond donors (Lipinski definition) is 2. The molecule has 1 fully saturated rings. The largest absolute Gasteiger partial charge is 0.507 e. The van der Waals surface area contributed by atoms with Gasteiger partial charge in [0, 0.05) is 24.1 Å². The molecule has 4 rings (SSSR count). The van der Waals surface area contributed by atoms with Gasteiger partial charge in [-0.1, -0.05) is 26.0 Å². The van der Waals surface area contributed by atoms with Gasteiger partial charge in [-0.25, -0.2) is 4.98 Å². The summed E-state index contributed by atoms with van der Waals surface area (Å²) in [4.78, 5) is 16.7. The Hall–Kier alpha value is -2.45. The number of aromatic nitrogens is 3. The first-order chi connectivity index (χ1) is 15.4. The first kappa shape index (κ1) is 24.2. The van der Waals surface area contributed by atoms with E-state index in [4.69, 9.17) is 0 Å². The summed E-state index contributed by atoms with van der Waals surface area (Å²) in [5.41, 5.74) is 2.17. The maximum Gasteiger partial charge on any atom is 0.172 e. The number of aldehydes is 1. The van der Waals surface area contributed by atoms with Crippen LogP contribution in [0.4, 0.5) is 5.82 Å².